The first-order valence-corrected chi connectivity index (χ1v) is 6.29. The van der Waals surface area contributed by atoms with Crippen LogP contribution in [0.4, 0.5) is 5.82 Å². The lowest BCUT2D eigenvalue weighted by atomic mass is 10.1. The van der Waals surface area contributed by atoms with Crippen molar-refractivity contribution in [2.24, 2.45) is 16.8 Å². The van der Waals surface area contributed by atoms with Crippen molar-refractivity contribution >= 4 is 11.7 Å². The Bertz CT molecular complexity index is 458. The molecule has 1 aliphatic carbocycles. The number of hydrogen-bond donors (Lipinski definition) is 2. The van der Waals surface area contributed by atoms with Crippen LogP contribution in [0, 0.1) is 5.92 Å². The number of amidine groups is 1. The molecule has 1 aromatic rings. The van der Waals surface area contributed by atoms with Crippen molar-refractivity contribution in [1.29, 1.82) is 0 Å². The average molecular weight is 248 g/mol. The van der Waals surface area contributed by atoms with Gasteiger partial charge in [0.1, 0.15) is 11.7 Å². The zero-order valence-electron chi connectivity index (χ0n) is 10.9. The smallest absolute Gasteiger partial charge is 0.143 e. The summed E-state index contributed by atoms with van der Waals surface area (Å²) in [5.74, 6) is 1.20. The maximum atomic E-state index is 8.64. The first-order valence-electron chi connectivity index (χ1n) is 6.29. The van der Waals surface area contributed by atoms with Gasteiger partial charge in [-0.15, -0.1) is 0 Å². The lowest BCUT2D eigenvalue weighted by Gasteiger charge is -2.22. The third-order valence-electron chi connectivity index (χ3n) is 3.47. The third kappa shape index (κ3) is 2.55. The quantitative estimate of drug-likeness (QED) is 0.365. The molecule has 0 fully saturated rings. The molecule has 0 radical (unpaired) electrons. The molecule has 0 aliphatic heterocycles. The van der Waals surface area contributed by atoms with Crippen molar-refractivity contribution in [3.8, 4) is 0 Å². The van der Waals surface area contributed by atoms with Gasteiger partial charge in [0.05, 0.1) is 0 Å². The molecule has 1 aliphatic rings. The summed E-state index contributed by atoms with van der Waals surface area (Å²) in [5.41, 5.74) is 8.18. The van der Waals surface area contributed by atoms with Gasteiger partial charge in [-0.2, -0.15) is 0 Å². The monoisotopic (exact) mass is 248 g/mol. The highest BCUT2D eigenvalue weighted by Gasteiger charge is 2.16. The minimum Gasteiger partial charge on any atom is -0.409 e. The maximum Gasteiger partial charge on any atom is 0.143 e. The molecule has 3 N–H and O–H groups in total. The molecule has 0 bridgehead atoms. The van der Waals surface area contributed by atoms with E-state index in [1.807, 2.05) is 24.9 Å². The van der Waals surface area contributed by atoms with Crippen LogP contribution in [0.5, 0.6) is 0 Å². The standard InChI is InChI=1S/C13H20N4O/c1-9(13(14)16-18)8-17(2)12-7-6-10-4-3-5-11(10)15-12/h6-7,9,18H,3-5,8H2,1-2H3,(H2,14,16). The van der Waals surface area contributed by atoms with Crippen LogP contribution in [-0.4, -0.2) is 29.6 Å². The van der Waals surface area contributed by atoms with E-state index in [0.29, 0.717) is 6.54 Å². The topological polar surface area (TPSA) is 74.7 Å². The Hall–Kier alpha value is -1.78. The zero-order valence-corrected chi connectivity index (χ0v) is 10.9. The van der Waals surface area contributed by atoms with Gasteiger partial charge < -0.3 is 15.8 Å². The van der Waals surface area contributed by atoms with Crippen LogP contribution in [0.1, 0.15) is 24.6 Å². The van der Waals surface area contributed by atoms with Crippen LogP contribution in [0.15, 0.2) is 17.3 Å². The summed E-state index contributed by atoms with van der Waals surface area (Å²) >= 11 is 0. The van der Waals surface area contributed by atoms with Crippen molar-refractivity contribution in [2.75, 3.05) is 18.5 Å². The molecule has 0 saturated carbocycles. The van der Waals surface area contributed by atoms with Gasteiger partial charge >= 0.3 is 0 Å². The van der Waals surface area contributed by atoms with Crippen molar-refractivity contribution < 1.29 is 5.21 Å². The second-order valence-electron chi connectivity index (χ2n) is 4.94. The minimum atomic E-state index is -0.00458. The van der Waals surface area contributed by atoms with Crippen LogP contribution < -0.4 is 10.6 Å². The van der Waals surface area contributed by atoms with Crippen LogP contribution >= 0.6 is 0 Å². The summed E-state index contributed by atoms with van der Waals surface area (Å²) in [7, 11) is 1.98. The third-order valence-corrected chi connectivity index (χ3v) is 3.47. The van der Waals surface area contributed by atoms with E-state index in [4.69, 9.17) is 10.9 Å². The van der Waals surface area contributed by atoms with Gasteiger partial charge in [0.25, 0.3) is 0 Å². The molecule has 0 aromatic carbocycles. The molecule has 18 heavy (non-hydrogen) atoms. The molecule has 2 rings (SSSR count). The highest BCUT2D eigenvalue weighted by molar-refractivity contribution is 5.82. The predicted octanol–water partition coefficient (Wildman–Crippen LogP) is 1.39. The Balaban J connectivity index is 2.07. The Morgan fingerprint density at radius 3 is 3.06 bits per heavy atom. The van der Waals surface area contributed by atoms with Crippen molar-refractivity contribution in [3.63, 3.8) is 0 Å². The number of oxime groups is 1. The predicted molar refractivity (Wildman–Crippen MR) is 72.1 cm³/mol. The fourth-order valence-corrected chi connectivity index (χ4v) is 2.32. The second-order valence-corrected chi connectivity index (χ2v) is 4.94. The Labute approximate surface area is 107 Å². The molecule has 1 unspecified atom stereocenters. The van der Waals surface area contributed by atoms with Gasteiger partial charge in [0, 0.05) is 25.2 Å². The molecular weight excluding hydrogens is 228 g/mol. The van der Waals surface area contributed by atoms with E-state index in [-0.39, 0.29) is 11.8 Å². The Morgan fingerprint density at radius 1 is 1.56 bits per heavy atom. The van der Waals surface area contributed by atoms with Crippen LogP contribution in [0.3, 0.4) is 0 Å². The first-order chi connectivity index (χ1) is 8.61. The fraction of sp³-hybridized carbons (Fsp3) is 0.538. The van der Waals surface area contributed by atoms with E-state index < -0.39 is 0 Å². The van der Waals surface area contributed by atoms with Crippen LogP contribution in [-0.2, 0) is 12.8 Å². The summed E-state index contributed by atoms with van der Waals surface area (Å²) in [6, 6.07) is 4.21. The molecule has 98 valence electrons. The lowest BCUT2D eigenvalue weighted by molar-refractivity contribution is 0.314. The number of rotatable bonds is 4. The molecular formula is C13H20N4O. The van der Waals surface area contributed by atoms with Gasteiger partial charge in [-0.25, -0.2) is 4.98 Å². The van der Waals surface area contributed by atoms with Gasteiger partial charge in [0.15, 0.2) is 0 Å². The summed E-state index contributed by atoms with van der Waals surface area (Å²) in [6.45, 7) is 2.61. The van der Waals surface area contributed by atoms with E-state index in [1.54, 1.807) is 0 Å². The van der Waals surface area contributed by atoms with Crippen LogP contribution in [0.2, 0.25) is 0 Å². The van der Waals surface area contributed by atoms with Crippen molar-refractivity contribution in [2.45, 2.75) is 26.2 Å². The van der Waals surface area contributed by atoms with Gasteiger partial charge in [-0.05, 0) is 30.9 Å². The number of aromatic nitrogens is 1. The molecule has 1 heterocycles. The highest BCUT2D eigenvalue weighted by atomic mass is 16.4. The Kier molecular flexibility index (Phi) is 3.69. The highest BCUT2D eigenvalue weighted by Crippen LogP contribution is 2.23. The Morgan fingerprint density at radius 2 is 2.33 bits per heavy atom. The van der Waals surface area contributed by atoms with Gasteiger partial charge in [-0.1, -0.05) is 18.1 Å². The second kappa shape index (κ2) is 5.25. The summed E-state index contributed by atoms with van der Waals surface area (Å²) < 4.78 is 0. The molecule has 5 nitrogen and oxygen atoms in total. The van der Waals surface area contributed by atoms with Crippen LogP contribution in [0.25, 0.3) is 0 Å². The molecule has 0 spiro atoms. The zero-order chi connectivity index (χ0) is 13.1. The lowest BCUT2D eigenvalue weighted by Crippen LogP contribution is -2.33. The molecule has 0 amide bonds. The first kappa shape index (κ1) is 12.7. The van der Waals surface area contributed by atoms with E-state index in [2.05, 4.69) is 16.2 Å². The fourth-order valence-electron chi connectivity index (χ4n) is 2.32. The minimum absolute atomic E-state index is 0.00458. The number of pyridine rings is 1. The summed E-state index contributed by atoms with van der Waals surface area (Å²) in [4.78, 5) is 6.72. The van der Waals surface area contributed by atoms with E-state index >= 15 is 0 Å². The number of nitrogens with zero attached hydrogens (tertiary/aromatic N) is 3. The van der Waals surface area contributed by atoms with E-state index in [0.717, 1.165) is 18.7 Å². The number of fused-ring (bicyclic) bond motifs is 1. The number of anilines is 1. The number of nitrogens with two attached hydrogens (primary N) is 1. The normalized spacial score (nSPS) is 16.4. The van der Waals surface area contributed by atoms with Gasteiger partial charge in [-0.3, -0.25) is 0 Å². The number of hydrogen-bond acceptors (Lipinski definition) is 4. The number of aryl methyl sites for hydroxylation is 2. The average Bonchev–Trinajstić information content (AvgIpc) is 2.84. The summed E-state index contributed by atoms with van der Waals surface area (Å²) in [5, 5.41) is 11.7. The largest absolute Gasteiger partial charge is 0.409 e. The molecule has 1 atom stereocenters. The maximum absolute atomic E-state index is 8.64. The SMILES string of the molecule is CC(CN(C)c1ccc2c(n1)CCC2)/C(N)=N/O. The van der Waals surface area contributed by atoms with Crippen molar-refractivity contribution in [1.82, 2.24) is 4.98 Å². The molecule has 5 heteroatoms. The van der Waals surface area contributed by atoms with E-state index in [1.165, 1.54) is 17.7 Å². The molecule has 1 aromatic heterocycles. The van der Waals surface area contributed by atoms with E-state index in [9.17, 15) is 0 Å². The van der Waals surface area contributed by atoms with Crippen molar-refractivity contribution in [3.05, 3.63) is 23.4 Å². The van der Waals surface area contributed by atoms with Gasteiger partial charge in [0.2, 0.25) is 0 Å². The summed E-state index contributed by atoms with van der Waals surface area (Å²) in [6.07, 6.45) is 3.43. The molecule has 0 saturated heterocycles.